The van der Waals surface area contributed by atoms with E-state index >= 15 is 0 Å². The van der Waals surface area contributed by atoms with Crippen molar-refractivity contribution >= 4 is 18.2 Å². The highest BCUT2D eigenvalue weighted by Gasteiger charge is 2.30. The lowest BCUT2D eigenvalue weighted by atomic mass is 9.90. The van der Waals surface area contributed by atoms with Gasteiger partial charge in [0.25, 0.3) is 5.56 Å². The number of rotatable bonds is 3. The molecule has 6 heteroatoms. The number of aromatic amines is 1. The number of hydrogen-bond donors (Lipinski definition) is 2. The van der Waals surface area contributed by atoms with E-state index in [0.717, 1.165) is 6.42 Å². The van der Waals surface area contributed by atoms with Gasteiger partial charge in [-0.05, 0) is 25.8 Å². The highest BCUT2D eigenvalue weighted by Crippen LogP contribution is 2.38. The summed E-state index contributed by atoms with van der Waals surface area (Å²) in [4.78, 5) is 20.0. The molecular formula is C18H20N4O2. The van der Waals surface area contributed by atoms with E-state index in [0.29, 0.717) is 34.9 Å². The number of nitrogens with zero attached hydrogens (tertiary/aromatic N) is 3. The van der Waals surface area contributed by atoms with Crippen molar-refractivity contribution in [3.05, 3.63) is 57.7 Å². The molecule has 0 amide bonds. The predicted molar refractivity (Wildman–Crippen MR) is 97.0 cm³/mol. The quantitative estimate of drug-likeness (QED) is 0.838. The first-order valence-electron chi connectivity index (χ1n) is 7.93. The molecule has 1 aliphatic heterocycles. The van der Waals surface area contributed by atoms with Crippen LogP contribution in [0, 0.1) is 0 Å². The number of anilines is 1. The molecule has 0 spiro atoms. The summed E-state index contributed by atoms with van der Waals surface area (Å²) in [6.07, 6.45) is 11.0. The van der Waals surface area contributed by atoms with Crippen LogP contribution in [-0.4, -0.2) is 22.5 Å². The molecule has 0 fully saturated rings. The number of pyridine rings is 1. The number of hydrazone groups is 1. The average Bonchev–Trinajstić information content (AvgIpc) is 2.56. The molecule has 1 unspecified atom stereocenters. The highest BCUT2D eigenvalue weighted by molar-refractivity contribution is 6.08. The van der Waals surface area contributed by atoms with Gasteiger partial charge < -0.3 is 10.1 Å². The minimum Gasteiger partial charge on any atom is -0.507 e. The molecule has 0 aromatic carbocycles. The molecule has 3 rings (SSSR count). The van der Waals surface area contributed by atoms with Crippen LogP contribution in [0.2, 0.25) is 0 Å². The number of aromatic nitrogens is 1. The van der Waals surface area contributed by atoms with Gasteiger partial charge in [-0.3, -0.25) is 4.79 Å². The minimum absolute atomic E-state index is 0.0378. The van der Waals surface area contributed by atoms with Crippen LogP contribution in [0.15, 0.2) is 51.1 Å². The molecule has 24 heavy (non-hydrogen) atoms. The Bertz CT molecular complexity index is 859. The maximum atomic E-state index is 12.6. The largest absolute Gasteiger partial charge is 0.507 e. The zero-order valence-corrected chi connectivity index (χ0v) is 13.8. The number of aliphatic imine (C=N–C) groups is 1. The Morgan fingerprint density at radius 1 is 1.54 bits per heavy atom. The second-order valence-electron chi connectivity index (χ2n) is 5.72. The monoisotopic (exact) mass is 324 g/mol. The van der Waals surface area contributed by atoms with Gasteiger partial charge in [-0.1, -0.05) is 31.2 Å². The normalized spacial score (nSPS) is 20.9. The fourth-order valence-electron chi connectivity index (χ4n) is 3.08. The Morgan fingerprint density at radius 3 is 2.96 bits per heavy atom. The van der Waals surface area contributed by atoms with Crippen LogP contribution >= 0.6 is 0 Å². The summed E-state index contributed by atoms with van der Waals surface area (Å²) in [6.45, 7) is 7.35. The Hall–Kier alpha value is -2.89. The van der Waals surface area contributed by atoms with E-state index in [1.807, 2.05) is 37.3 Å². The topological polar surface area (TPSA) is 81.0 Å². The molecular weight excluding hydrogens is 304 g/mol. The molecule has 1 aromatic heterocycles. The molecule has 0 saturated heterocycles. The van der Waals surface area contributed by atoms with Gasteiger partial charge in [-0.2, -0.15) is 10.1 Å². The van der Waals surface area contributed by atoms with Crippen molar-refractivity contribution in [1.29, 1.82) is 0 Å². The Labute approximate surface area is 140 Å². The van der Waals surface area contributed by atoms with Gasteiger partial charge in [-0.25, -0.2) is 4.99 Å². The Kier molecular flexibility index (Phi) is 4.20. The van der Waals surface area contributed by atoms with E-state index in [1.54, 1.807) is 6.92 Å². The maximum Gasteiger partial charge on any atom is 0.257 e. The molecule has 0 bridgehead atoms. The van der Waals surface area contributed by atoms with Crippen LogP contribution in [0.5, 0.6) is 5.75 Å². The summed E-state index contributed by atoms with van der Waals surface area (Å²) >= 11 is 0. The third-order valence-electron chi connectivity index (χ3n) is 4.16. The molecule has 124 valence electrons. The van der Waals surface area contributed by atoms with Gasteiger partial charge in [0.2, 0.25) is 0 Å². The van der Waals surface area contributed by atoms with Crippen LogP contribution < -0.4 is 10.6 Å². The van der Waals surface area contributed by atoms with E-state index < -0.39 is 0 Å². The van der Waals surface area contributed by atoms with Crippen molar-refractivity contribution in [1.82, 2.24) is 4.98 Å². The number of allylic oxidation sites excluding steroid dienone is 5. The predicted octanol–water partition coefficient (Wildman–Crippen LogP) is 3.18. The first-order valence-corrected chi connectivity index (χ1v) is 7.93. The van der Waals surface area contributed by atoms with Crippen LogP contribution in [-0.2, 0) is 0 Å². The molecule has 2 N–H and O–H groups in total. The summed E-state index contributed by atoms with van der Waals surface area (Å²) in [5.74, 6) is 0.790. The van der Waals surface area contributed by atoms with Gasteiger partial charge in [-0.15, -0.1) is 0 Å². The molecule has 2 aliphatic rings. The first kappa shape index (κ1) is 16.0. The van der Waals surface area contributed by atoms with E-state index in [4.69, 9.17) is 0 Å². The van der Waals surface area contributed by atoms with Crippen LogP contribution in [0.25, 0.3) is 0 Å². The summed E-state index contributed by atoms with van der Waals surface area (Å²) in [7, 11) is 0. The SMILES string of the molecule is C=NN1C(=CCC)N=C(C)c2c1[nH]c(=O)c(C1C=CC=CC1)c2O. The zero-order valence-electron chi connectivity index (χ0n) is 13.8. The van der Waals surface area contributed by atoms with Gasteiger partial charge in [0.15, 0.2) is 5.82 Å². The summed E-state index contributed by atoms with van der Waals surface area (Å²) < 4.78 is 0. The van der Waals surface area contributed by atoms with Crippen LogP contribution in [0.4, 0.5) is 5.82 Å². The second-order valence-corrected chi connectivity index (χ2v) is 5.72. The number of fused-ring (bicyclic) bond motifs is 1. The molecule has 6 nitrogen and oxygen atoms in total. The van der Waals surface area contributed by atoms with Gasteiger partial charge in [0.1, 0.15) is 11.6 Å². The summed E-state index contributed by atoms with van der Waals surface area (Å²) in [6, 6.07) is 0. The number of H-pyrrole nitrogens is 1. The van der Waals surface area contributed by atoms with Gasteiger partial charge >= 0.3 is 0 Å². The van der Waals surface area contributed by atoms with Crippen LogP contribution in [0.3, 0.4) is 0 Å². The third-order valence-corrected chi connectivity index (χ3v) is 4.16. The summed E-state index contributed by atoms with van der Waals surface area (Å²) in [5, 5.41) is 16.2. The zero-order chi connectivity index (χ0) is 17.3. The maximum absolute atomic E-state index is 12.6. The van der Waals surface area contributed by atoms with Gasteiger partial charge in [0, 0.05) is 12.6 Å². The average molecular weight is 324 g/mol. The number of nitrogens with one attached hydrogen (secondary N) is 1. The first-order chi connectivity index (χ1) is 11.6. The molecule has 1 atom stereocenters. The third kappa shape index (κ3) is 2.50. The Balaban J connectivity index is 2.23. The van der Waals surface area contributed by atoms with E-state index in [2.05, 4.69) is 21.8 Å². The van der Waals surface area contributed by atoms with Crippen molar-refractivity contribution < 1.29 is 5.11 Å². The number of hydrogen-bond acceptors (Lipinski definition) is 5. The van der Waals surface area contributed by atoms with Gasteiger partial charge in [0.05, 0.1) is 16.8 Å². The molecule has 1 aromatic rings. The minimum atomic E-state index is -0.324. The lowest BCUT2D eigenvalue weighted by molar-refractivity contribution is 0.461. The van der Waals surface area contributed by atoms with E-state index in [1.165, 1.54) is 5.01 Å². The summed E-state index contributed by atoms with van der Waals surface area (Å²) in [5.41, 5.74) is 1.16. The fourth-order valence-corrected chi connectivity index (χ4v) is 3.08. The van der Waals surface area contributed by atoms with Crippen molar-refractivity contribution in [2.45, 2.75) is 32.6 Å². The molecule has 0 radical (unpaired) electrons. The smallest absolute Gasteiger partial charge is 0.257 e. The van der Waals surface area contributed by atoms with Crippen molar-refractivity contribution in [3.8, 4) is 5.75 Å². The molecule has 0 saturated carbocycles. The molecule has 1 aliphatic carbocycles. The Morgan fingerprint density at radius 2 is 2.33 bits per heavy atom. The lowest BCUT2D eigenvalue weighted by Gasteiger charge is -2.28. The molecule has 2 heterocycles. The van der Waals surface area contributed by atoms with Crippen molar-refractivity contribution in [2.75, 3.05) is 5.01 Å². The standard InChI is InChI=1S/C18H20N4O2/c1-4-8-13-20-11(2)14-16(23)15(12-9-6-5-7-10-12)18(24)21-17(14)22(13)19-3/h5-9,12H,3-4,10H2,1-2H3,(H2,21,23,24). The number of aromatic hydroxyl groups is 1. The van der Waals surface area contributed by atoms with Crippen LogP contribution in [0.1, 0.15) is 43.7 Å². The van der Waals surface area contributed by atoms with Crippen molar-refractivity contribution in [2.24, 2.45) is 10.1 Å². The lowest BCUT2D eigenvalue weighted by Crippen LogP contribution is -2.29. The highest BCUT2D eigenvalue weighted by atomic mass is 16.3. The van der Waals surface area contributed by atoms with E-state index in [9.17, 15) is 9.90 Å². The van der Waals surface area contributed by atoms with E-state index in [-0.39, 0.29) is 17.2 Å². The van der Waals surface area contributed by atoms with Crippen molar-refractivity contribution in [3.63, 3.8) is 0 Å². The fraction of sp³-hybridized carbons (Fsp3) is 0.278. The second kappa shape index (κ2) is 6.31.